The Hall–Kier alpha value is -1.00. The maximum atomic E-state index is 5.89. The van der Waals surface area contributed by atoms with Gasteiger partial charge in [0.1, 0.15) is 6.10 Å². The van der Waals surface area contributed by atoms with Crippen LogP contribution in [0.25, 0.3) is 0 Å². The molecule has 1 aromatic heterocycles. The largest absolute Gasteiger partial charge is 0.370 e. The lowest BCUT2D eigenvalue weighted by Gasteiger charge is -2.29. The van der Waals surface area contributed by atoms with Gasteiger partial charge in [-0.3, -0.25) is 0 Å². The van der Waals surface area contributed by atoms with Crippen LogP contribution in [-0.2, 0) is 11.3 Å². The van der Waals surface area contributed by atoms with Gasteiger partial charge in [-0.25, -0.2) is 9.97 Å². The quantitative estimate of drug-likeness (QED) is 0.867. The fourth-order valence-corrected chi connectivity index (χ4v) is 2.28. The van der Waals surface area contributed by atoms with Crippen molar-refractivity contribution in [2.24, 2.45) is 5.41 Å². The van der Waals surface area contributed by atoms with Crippen LogP contribution in [0.4, 0.5) is 0 Å². The molecule has 1 heterocycles. The summed E-state index contributed by atoms with van der Waals surface area (Å²) in [6.07, 6.45) is 2.52. The second kappa shape index (κ2) is 6.19. The molecule has 1 aromatic rings. The van der Waals surface area contributed by atoms with Crippen LogP contribution in [0.2, 0.25) is 0 Å². The predicted octanol–water partition coefficient (Wildman–Crippen LogP) is 3.16. The number of hydrogen-bond donors (Lipinski definition) is 1. The summed E-state index contributed by atoms with van der Waals surface area (Å²) in [6.45, 7) is 12.0. The van der Waals surface area contributed by atoms with Gasteiger partial charge in [0.25, 0.3) is 0 Å². The van der Waals surface area contributed by atoms with E-state index in [9.17, 15) is 0 Å². The van der Waals surface area contributed by atoms with Crippen LogP contribution in [0, 0.1) is 12.3 Å². The van der Waals surface area contributed by atoms with E-state index >= 15 is 0 Å². The Kier molecular flexibility index (Phi) is 4.76. The average molecular weight is 277 g/mol. The molecule has 1 fully saturated rings. The molecule has 0 spiro atoms. The van der Waals surface area contributed by atoms with E-state index in [0.717, 1.165) is 23.8 Å². The monoisotopic (exact) mass is 277 g/mol. The number of hydrogen-bond acceptors (Lipinski definition) is 4. The Bertz CT molecular complexity index is 450. The molecule has 2 rings (SSSR count). The van der Waals surface area contributed by atoms with Gasteiger partial charge in [0, 0.05) is 24.9 Å². The predicted molar refractivity (Wildman–Crippen MR) is 80.5 cm³/mol. The van der Waals surface area contributed by atoms with E-state index in [0.29, 0.717) is 12.6 Å². The van der Waals surface area contributed by atoms with Gasteiger partial charge < -0.3 is 10.1 Å². The standard InChI is InChI=1S/C16H27N3O/c1-6-20-14(16(3,4)5)15-18-11(2)9-13(19-15)10-17-12-7-8-12/h9,12,14,17H,6-8,10H2,1-5H3. The number of aryl methyl sites for hydroxylation is 1. The fraction of sp³-hybridized carbons (Fsp3) is 0.750. The van der Waals surface area contributed by atoms with E-state index < -0.39 is 0 Å². The number of aromatic nitrogens is 2. The SMILES string of the molecule is CCOC(c1nc(C)cc(CNC2CC2)n1)C(C)(C)C. The minimum atomic E-state index is -0.0629. The molecule has 20 heavy (non-hydrogen) atoms. The molecule has 0 aliphatic heterocycles. The lowest BCUT2D eigenvalue weighted by atomic mass is 9.88. The fourth-order valence-electron chi connectivity index (χ4n) is 2.28. The van der Waals surface area contributed by atoms with Gasteiger partial charge in [0.15, 0.2) is 5.82 Å². The summed E-state index contributed by atoms with van der Waals surface area (Å²) in [5.74, 6) is 0.812. The van der Waals surface area contributed by atoms with E-state index in [1.807, 2.05) is 13.8 Å². The Labute approximate surface area is 122 Å². The van der Waals surface area contributed by atoms with Crippen LogP contribution in [0.5, 0.6) is 0 Å². The van der Waals surface area contributed by atoms with Gasteiger partial charge in [0.05, 0.1) is 5.69 Å². The highest BCUT2D eigenvalue weighted by atomic mass is 16.5. The smallest absolute Gasteiger partial charge is 0.158 e. The second-order valence-corrected chi connectivity index (χ2v) is 6.72. The third kappa shape index (κ3) is 4.25. The molecule has 112 valence electrons. The molecule has 1 N–H and O–H groups in total. The minimum absolute atomic E-state index is 0.00893. The van der Waals surface area contributed by atoms with Crippen molar-refractivity contribution in [3.63, 3.8) is 0 Å². The van der Waals surface area contributed by atoms with E-state index in [1.54, 1.807) is 0 Å². The third-order valence-electron chi connectivity index (χ3n) is 3.43. The first kappa shape index (κ1) is 15.4. The Morgan fingerprint density at radius 3 is 2.60 bits per heavy atom. The highest BCUT2D eigenvalue weighted by Gasteiger charge is 2.30. The topological polar surface area (TPSA) is 47.0 Å². The van der Waals surface area contributed by atoms with Gasteiger partial charge >= 0.3 is 0 Å². The van der Waals surface area contributed by atoms with Crippen LogP contribution in [0.3, 0.4) is 0 Å². The first-order chi connectivity index (χ1) is 9.40. The molecule has 0 aromatic carbocycles. The molecular formula is C16H27N3O. The highest BCUT2D eigenvalue weighted by molar-refractivity contribution is 5.13. The normalized spacial score (nSPS) is 17.2. The van der Waals surface area contributed by atoms with E-state index in [4.69, 9.17) is 9.72 Å². The van der Waals surface area contributed by atoms with Crippen molar-refractivity contribution in [1.29, 1.82) is 0 Å². The summed E-state index contributed by atoms with van der Waals surface area (Å²) in [6, 6.07) is 2.75. The van der Waals surface area contributed by atoms with Crippen LogP contribution >= 0.6 is 0 Å². The molecule has 0 bridgehead atoms. The average Bonchev–Trinajstić information content (AvgIpc) is 3.15. The maximum absolute atomic E-state index is 5.89. The summed E-state index contributed by atoms with van der Waals surface area (Å²) < 4.78 is 5.89. The zero-order valence-electron chi connectivity index (χ0n) is 13.4. The molecule has 0 radical (unpaired) electrons. The minimum Gasteiger partial charge on any atom is -0.370 e. The van der Waals surface area contributed by atoms with E-state index in [1.165, 1.54) is 12.8 Å². The Morgan fingerprint density at radius 2 is 2.05 bits per heavy atom. The van der Waals surface area contributed by atoms with Gasteiger partial charge in [-0.1, -0.05) is 20.8 Å². The van der Waals surface area contributed by atoms with Gasteiger partial charge in [-0.2, -0.15) is 0 Å². The first-order valence-electron chi connectivity index (χ1n) is 7.59. The van der Waals surface area contributed by atoms with Crippen LogP contribution in [0.1, 0.15) is 63.9 Å². The molecule has 0 amide bonds. The lowest BCUT2D eigenvalue weighted by molar-refractivity contribution is -0.0193. The molecule has 1 saturated carbocycles. The molecule has 1 unspecified atom stereocenters. The zero-order valence-corrected chi connectivity index (χ0v) is 13.4. The molecule has 1 aliphatic carbocycles. The van der Waals surface area contributed by atoms with Gasteiger partial charge in [-0.05, 0) is 38.2 Å². The summed E-state index contributed by atoms with van der Waals surface area (Å²) in [7, 11) is 0. The molecule has 1 atom stereocenters. The molecule has 1 aliphatic rings. The molecule has 4 nitrogen and oxygen atoms in total. The van der Waals surface area contributed by atoms with Crippen molar-refractivity contribution in [2.75, 3.05) is 6.61 Å². The van der Waals surface area contributed by atoms with Crippen molar-refractivity contribution < 1.29 is 4.74 Å². The van der Waals surface area contributed by atoms with Crippen LogP contribution in [-0.4, -0.2) is 22.6 Å². The van der Waals surface area contributed by atoms with Gasteiger partial charge in [0.2, 0.25) is 0 Å². The lowest BCUT2D eigenvalue weighted by Crippen LogP contribution is -2.25. The highest BCUT2D eigenvalue weighted by Crippen LogP contribution is 2.34. The summed E-state index contributed by atoms with van der Waals surface area (Å²) in [4.78, 5) is 9.32. The van der Waals surface area contributed by atoms with Gasteiger partial charge in [-0.15, -0.1) is 0 Å². The van der Waals surface area contributed by atoms with E-state index in [-0.39, 0.29) is 11.5 Å². The Morgan fingerprint density at radius 1 is 1.35 bits per heavy atom. The summed E-state index contributed by atoms with van der Waals surface area (Å²) in [5, 5.41) is 3.51. The van der Waals surface area contributed by atoms with Crippen molar-refractivity contribution in [1.82, 2.24) is 15.3 Å². The number of nitrogens with zero attached hydrogens (tertiary/aromatic N) is 2. The van der Waals surface area contributed by atoms with Crippen molar-refractivity contribution >= 4 is 0 Å². The maximum Gasteiger partial charge on any atom is 0.158 e. The van der Waals surface area contributed by atoms with Crippen molar-refractivity contribution in [3.05, 3.63) is 23.3 Å². The number of rotatable bonds is 6. The van der Waals surface area contributed by atoms with Crippen LogP contribution < -0.4 is 5.32 Å². The summed E-state index contributed by atoms with van der Waals surface area (Å²) in [5.41, 5.74) is 2.07. The number of ether oxygens (including phenoxy) is 1. The van der Waals surface area contributed by atoms with E-state index in [2.05, 4.69) is 37.1 Å². The molecule has 4 heteroatoms. The van der Waals surface area contributed by atoms with Crippen molar-refractivity contribution in [3.8, 4) is 0 Å². The zero-order chi connectivity index (χ0) is 14.8. The summed E-state index contributed by atoms with van der Waals surface area (Å²) >= 11 is 0. The second-order valence-electron chi connectivity index (χ2n) is 6.72. The molecule has 0 saturated heterocycles. The Balaban J connectivity index is 2.19. The number of nitrogens with one attached hydrogen (secondary N) is 1. The van der Waals surface area contributed by atoms with Crippen LogP contribution in [0.15, 0.2) is 6.07 Å². The van der Waals surface area contributed by atoms with Crippen molar-refractivity contribution in [2.45, 2.75) is 66.2 Å². The molecular weight excluding hydrogens is 250 g/mol. The third-order valence-corrected chi connectivity index (χ3v) is 3.43. The first-order valence-corrected chi connectivity index (χ1v) is 7.59.